The minimum absolute atomic E-state index is 0.0553. The van der Waals surface area contributed by atoms with Gasteiger partial charge < -0.3 is 19.1 Å². The zero-order valence-electron chi connectivity index (χ0n) is 13.9. The van der Waals surface area contributed by atoms with Gasteiger partial charge in [-0.3, -0.25) is 9.59 Å². The standard InChI is InChI=1S/C17H25N3O3/c1-18(2)16(21)12-23-15-10-19-8-4-7-14(19)9-20(11-15)17(22)13-5-3-6-13/h4,7-8,13,15H,3,5-6,9-12H2,1-2H3/t15-/m0/s1. The molecule has 0 saturated heterocycles. The van der Waals surface area contributed by atoms with Crippen LogP contribution in [0.3, 0.4) is 0 Å². The maximum absolute atomic E-state index is 12.6. The molecular weight excluding hydrogens is 294 g/mol. The van der Waals surface area contributed by atoms with E-state index in [0.717, 1.165) is 25.0 Å². The van der Waals surface area contributed by atoms with Crippen molar-refractivity contribution in [3.05, 3.63) is 24.0 Å². The Morgan fingerprint density at radius 2 is 2.09 bits per heavy atom. The Bertz CT molecular complexity index is 577. The molecule has 23 heavy (non-hydrogen) atoms. The Morgan fingerprint density at radius 3 is 2.74 bits per heavy atom. The topological polar surface area (TPSA) is 54.8 Å². The number of aromatic nitrogens is 1. The Labute approximate surface area is 137 Å². The van der Waals surface area contributed by atoms with Gasteiger partial charge in [0, 0.05) is 38.4 Å². The maximum Gasteiger partial charge on any atom is 0.248 e. The predicted octanol–water partition coefficient (Wildman–Crippen LogP) is 1.10. The highest BCUT2D eigenvalue weighted by Gasteiger charge is 2.33. The zero-order chi connectivity index (χ0) is 16.4. The van der Waals surface area contributed by atoms with Crippen LogP contribution in [-0.2, 0) is 27.4 Å². The molecule has 6 heteroatoms. The number of rotatable bonds is 4. The minimum atomic E-state index is -0.156. The number of fused-ring (bicyclic) bond motifs is 1. The first kappa shape index (κ1) is 16.1. The molecule has 6 nitrogen and oxygen atoms in total. The average Bonchev–Trinajstić information content (AvgIpc) is 2.80. The van der Waals surface area contributed by atoms with Gasteiger partial charge in [0.05, 0.1) is 19.2 Å². The van der Waals surface area contributed by atoms with Gasteiger partial charge in [-0.1, -0.05) is 6.42 Å². The number of ether oxygens (including phenoxy) is 1. The highest BCUT2D eigenvalue weighted by molar-refractivity contribution is 5.79. The Morgan fingerprint density at radius 1 is 1.30 bits per heavy atom. The maximum atomic E-state index is 12.6. The van der Waals surface area contributed by atoms with Crippen LogP contribution in [-0.4, -0.2) is 59.5 Å². The molecular formula is C17H25N3O3. The molecule has 1 saturated carbocycles. The number of nitrogens with zero attached hydrogens (tertiary/aromatic N) is 3. The summed E-state index contributed by atoms with van der Waals surface area (Å²) in [4.78, 5) is 27.8. The molecule has 1 aliphatic heterocycles. The highest BCUT2D eigenvalue weighted by atomic mass is 16.5. The summed E-state index contributed by atoms with van der Waals surface area (Å²) in [6.07, 6.45) is 5.01. The molecule has 1 aromatic rings. The summed E-state index contributed by atoms with van der Waals surface area (Å²) < 4.78 is 7.94. The molecule has 1 aliphatic carbocycles. The largest absolute Gasteiger partial charge is 0.365 e. The van der Waals surface area contributed by atoms with Crippen molar-refractivity contribution in [2.75, 3.05) is 27.2 Å². The van der Waals surface area contributed by atoms with Crippen molar-refractivity contribution in [2.45, 2.75) is 38.5 Å². The molecule has 0 unspecified atom stereocenters. The first-order chi connectivity index (χ1) is 11.0. The molecule has 0 aromatic carbocycles. The van der Waals surface area contributed by atoms with E-state index in [1.807, 2.05) is 17.2 Å². The fraction of sp³-hybridized carbons (Fsp3) is 0.647. The van der Waals surface area contributed by atoms with Crippen molar-refractivity contribution in [3.8, 4) is 0 Å². The molecule has 126 valence electrons. The lowest BCUT2D eigenvalue weighted by Crippen LogP contribution is -2.43. The molecule has 2 aliphatic rings. The number of carbonyl (C=O) groups is 2. The van der Waals surface area contributed by atoms with Gasteiger partial charge in [0.25, 0.3) is 0 Å². The monoisotopic (exact) mass is 319 g/mol. The SMILES string of the molecule is CN(C)C(=O)CO[C@@H]1CN(C(=O)C2CCC2)Cc2cccn2C1. The second-order valence-electron chi connectivity index (χ2n) is 6.72. The van der Waals surface area contributed by atoms with Crippen LogP contribution in [0, 0.1) is 5.92 Å². The van der Waals surface area contributed by atoms with Crippen LogP contribution in [0.15, 0.2) is 18.3 Å². The summed E-state index contributed by atoms with van der Waals surface area (Å²) in [7, 11) is 3.44. The molecule has 0 spiro atoms. The van der Waals surface area contributed by atoms with Crippen molar-refractivity contribution >= 4 is 11.8 Å². The molecule has 1 aromatic heterocycles. The van der Waals surface area contributed by atoms with Gasteiger partial charge >= 0.3 is 0 Å². The number of amides is 2. The predicted molar refractivity (Wildman–Crippen MR) is 85.6 cm³/mol. The quantitative estimate of drug-likeness (QED) is 0.835. The molecule has 3 rings (SSSR count). The summed E-state index contributed by atoms with van der Waals surface area (Å²) in [5.74, 6) is 0.359. The summed E-state index contributed by atoms with van der Waals surface area (Å²) in [5.41, 5.74) is 1.13. The molecule has 2 heterocycles. The summed E-state index contributed by atoms with van der Waals surface area (Å²) >= 11 is 0. The lowest BCUT2D eigenvalue weighted by molar-refractivity contribution is -0.142. The molecule has 0 N–H and O–H groups in total. The van der Waals surface area contributed by atoms with Crippen LogP contribution in [0.2, 0.25) is 0 Å². The molecule has 0 bridgehead atoms. The van der Waals surface area contributed by atoms with Crippen LogP contribution in [0.1, 0.15) is 25.0 Å². The van der Waals surface area contributed by atoms with Gasteiger partial charge in [0.1, 0.15) is 6.61 Å². The fourth-order valence-electron chi connectivity index (χ4n) is 3.06. The van der Waals surface area contributed by atoms with E-state index in [-0.39, 0.29) is 30.4 Å². The Balaban J connectivity index is 1.69. The van der Waals surface area contributed by atoms with Gasteiger partial charge in [0.2, 0.25) is 11.8 Å². The van der Waals surface area contributed by atoms with E-state index < -0.39 is 0 Å². The number of carbonyl (C=O) groups excluding carboxylic acids is 2. The van der Waals surface area contributed by atoms with Crippen molar-refractivity contribution < 1.29 is 14.3 Å². The van der Waals surface area contributed by atoms with E-state index >= 15 is 0 Å². The van der Waals surface area contributed by atoms with Crippen LogP contribution >= 0.6 is 0 Å². The van der Waals surface area contributed by atoms with E-state index in [1.165, 1.54) is 4.90 Å². The van der Waals surface area contributed by atoms with E-state index in [2.05, 4.69) is 10.6 Å². The minimum Gasteiger partial charge on any atom is -0.365 e. The highest BCUT2D eigenvalue weighted by Crippen LogP contribution is 2.29. The second kappa shape index (κ2) is 6.74. The van der Waals surface area contributed by atoms with Crippen molar-refractivity contribution in [3.63, 3.8) is 0 Å². The van der Waals surface area contributed by atoms with Crippen molar-refractivity contribution in [1.82, 2.24) is 14.4 Å². The van der Waals surface area contributed by atoms with Crippen molar-refractivity contribution in [1.29, 1.82) is 0 Å². The van der Waals surface area contributed by atoms with Gasteiger partial charge in [0.15, 0.2) is 0 Å². The van der Waals surface area contributed by atoms with E-state index in [0.29, 0.717) is 19.6 Å². The van der Waals surface area contributed by atoms with Gasteiger partial charge in [-0.2, -0.15) is 0 Å². The Kier molecular flexibility index (Phi) is 4.71. The van der Waals surface area contributed by atoms with E-state index in [9.17, 15) is 9.59 Å². The number of hydrogen-bond acceptors (Lipinski definition) is 3. The second-order valence-corrected chi connectivity index (χ2v) is 6.72. The van der Waals surface area contributed by atoms with Crippen molar-refractivity contribution in [2.24, 2.45) is 5.92 Å². The van der Waals surface area contributed by atoms with Gasteiger partial charge in [-0.15, -0.1) is 0 Å². The number of hydrogen-bond donors (Lipinski definition) is 0. The zero-order valence-corrected chi connectivity index (χ0v) is 13.9. The fourth-order valence-corrected chi connectivity index (χ4v) is 3.06. The van der Waals surface area contributed by atoms with Crippen LogP contribution in [0.25, 0.3) is 0 Å². The van der Waals surface area contributed by atoms with Crippen LogP contribution < -0.4 is 0 Å². The molecule has 1 fully saturated rings. The molecule has 2 amide bonds. The third-order valence-corrected chi connectivity index (χ3v) is 4.81. The summed E-state index contributed by atoms with van der Waals surface area (Å²) in [6, 6.07) is 4.04. The van der Waals surface area contributed by atoms with Gasteiger partial charge in [-0.25, -0.2) is 0 Å². The lowest BCUT2D eigenvalue weighted by atomic mass is 9.84. The summed E-state index contributed by atoms with van der Waals surface area (Å²) in [6.45, 7) is 1.92. The van der Waals surface area contributed by atoms with E-state index in [4.69, 9.17) is 4.74 Å². The van der Waals surface area contributed by atoms with Crippen LogP contribution in [0.5, 0.6) is 0 Å². The lowest BCUT2D eigenvalue weighted by Gasteiger charge is -2.32. The number of likely N-dealkylation sites (N-methyl/N-ethyl adjacent to an activating group) is 1. The average molecular weight is 319 g/mol. The first-order valence-corrected chi connectivity index (χ1v) is 8.29. The smallest absolute Gasteiger partial charge is 0.248 e. The third kappa shape index (κ3) is 3.58. The van der Waals surface area contributed by atoms with Gasteiger partial charge in [-0.05, 0) is 25.0 Å². The Hall–Kier alpha value is -1.82. The van der Waals surface area contributed by atoms with E-state index in [1.54, 1.807) is 14.1 Å². The summed E-state index contributed by atoms with van der Waals surface area (Å²) in [5, 5.41) is 0. The molecule has 1 atom stereocenters. The van der Waals surface area contributed by atoms with Crippen LogP contribution in [0.4, 0.5) is 0 Å². The normalized spacial score (nSPS) is 21.3. The third-order valence-electron chi connectivity index (χ3n) is 4.81. The molecule has 0 radical (unpaired) electrons. The first-order valence-electron chi connectivity index (χ1n) is 8.29.